The van der Waals surface area contributed by atoms with Crippen molar-refractivity contribution in [2.75, 3.05) is 0 Å². The van der Waals surface area contributed by atoms with E-state index in [1.807, 2.05) is 13.0 Å². The van der Waals surface area contributed by atoms with Gasteiger partial charge in [0.2, 0.25) is 0 Å². The van der Waals surface area contributed by atoms with Crippen molar-refractivity contribution in [1.82, 2.24) is 0 Å². The minimum Gasteiger partial charge on any atom is -0.453 e. The van der Waals surface area contributed by atoms with Gasteiger partial charge in [-0.2, -0.15) is 0 Å². The minimum absolute atomic E-state index is 0.0895. The standard InChI is InChI=1S/C15H22O3/c1-10(2)6-5-7-11(3)8-9-13-14(16)12(4)15(17)18-13/h6,8,12-13H,5,7,9H2,1-4H3. The Morgan fingerprint density at radius 3 is 2.39 bits per heavy atom. The Bertz CT molecular complexity index is 387. The fourth-order valence-corrected chi connectivity index (χ4v) is 1.86. The topological polar surface area (TPSA) is 43.4 Å². The largest absolute Gasteiger partial charge is 0.453 e. The Morgan fingerprint density at radius 1 is 1.22 bits per heavy atom. The Hall–Kier alpha value is -1.38. The lowest BCUT2D eigenvalue weighted by atomic mass is 10.0. The number of ketones is 1. The first-order valence-electron chi connectivity index (χ1n) is 6.45. The average Bonchev–Trinajstić information content (AvgIpc) is 2.54. The van der Waals surface area contributed by atoms with Gasteiger partial charge in [0.15, 0.2) is 11.9 Å². The van der Waals surface area contributed by atoms with E-state index < -0.39 is 12.0 Å². The van der Waals surface area contributed by atoms with Gasteiger partial charge in [-0.3, -0.25) is 9.59 Å². The third-order valence-corrected chi connectivity index (χ3v) is 3.13. The number of rotatable bonds is 5. The van der Waals surface area contributed by atoms with E-state index in [0.29, 0.717) is 6.42 Å². The zero-order valence-corrected chi connectivity index (χ0v) is 11.7. The number of cyclic esters (lactones) is 1. The van der Waals surface area contributed by atoms with Gasteiger partial charge < -0.3 is 4.74 Å². The van der Waals surface area contributed by atoms with Crippen LogP contribution in [0.25, 0.3) is 0 Å². The highest BCUT2D eigenvalue weighted by atomic mass is 16.6. The summed E-state index contributed by atoms with van der Waals surface area (Å²) in [5.74, 6) is -1.07. The van der Waals surface area contributed by atoms with E-state index in [9.17, 15) is 9.59 Å². The number of esters is 1. The predicted molar refractivity (Wildman–Crippen MR) is 71.1 cm³/mol. The lowest BCUT2D eigenvalue weighted by Gasteiger charge is -2.05. The molecule has 0 aromatic rings. The van der Waals surface area contributed by atoms with E-state index >= 15 is 0 Å². The molecule has 1 saturated heterocycles. The molecule has 3 nitrogen and oxygen atoms in total. The second-order valence-electron chi connectivity index (χ2n) is 5.16. The van der Waals surface area contributed by atoms with E-state index in [1.165, 1.54) is 11.1 Å². The van der Waals surface area contributed by atoms with Gasteiger partial charge in [-0.05, 0) is 40.5 Å². The molecule has 100 valence electrons. The zero-order chi connectivity index (χ0) is 13.7. The summed E-state index contributed by atoms with van der Waals surface area (Å²) in [7, 11) is 0. The normalized spacial score (nSPS) is 24.1. The molecule has 2 atom stereocenters. The third kappa shape index (κ3) is 4.13. The summed E-state index contributed by atoms with van der Waals surface area (Å²) >= 11 is 0. The second kappa shape index (κ2) is 6.53. The molecule has 2 unspecified atom stereocenters. The zero-order valence-electron chi connectivity index (χ0n) is 11.7. The molecule has 0 N–H and O–H groups in total. The first-order valence-corrected chi connectivity index (χ1v) is 6.45. The van der Waals surface area contributed by atoms with Crippen LogP contribution < -0.4 is 0 Å². The van der Waals surface area contributed by atoms with Crippen LogP contribution in [-0.2, 0) is 14.3 Å². The van der Waals surface area contributed by atoms with Crippen LogP contribution in [-0.4, -0.2) is 17.9 Å². The highest BCUT2D eigenvalue weighted by Gasteiger charge is 2.39. The fourth-order valence-electron chi connectivity index (χ4n) is 1.86. The molecule has 18 heavy (non-hydrogen) atoms. The van der Waals surface area contributed by atoms with Gasteiger partial charge in [-0.1, -0.05) is 23.3 Å². The molecule has 0 radical (unpaired) electrons. The van der Waals surface area contributed by atoms with Crippen molar-refractivity contribution in [3.8, 4) is 0 Å². The highest BCUT2D eigenvalue weighted by molar-refractivity contribution is 6.06. The summed E-state index contributed by atoms with van der Waals surface area (Å²) in [6.07, 6.45) is 6.14. The minimum atomic E-state index is -0.589. The molecule has 0 spiro atoms. The highest BCUT2D eigenvalue weighted by Crippen LogP contribution is 2.20. The molecular formula is C15H22O3. The third-order valence-electron chi connectivity index (χ3n) is 3.13. The van der Waals surface area contributed by atoms with Crippen molar-refractivity contribution in [1.29, 1.82) is 0 Å². The van der Waals surface area contributed by atoms with Crippen molar-refractivity contribution < 1.29 is 14.3 Å². The van der Waals surface area contributed by atoms with E-state index in [0.717, 1.165) is 12.8 Å². The van der Waals surface area contributed by atoms with Gasteiger partial charge in [-0.15, -0.1) is 0 Å². The molecule has 1 aliphatic rings. The van der Waals surface area contributed by atoms with Crippen molar-refractivity contribution in [2.24, 2.45) is 5.92 Å². The smallest absolute Gasteiger partial charge is 0.317 e. The second-order valence-corrected chi connectivity index (χ2v) is 5.16. The lowest BCUT2D eigenvalue weighted by molar-refractivity contribution is -0.144. The monoisotopic (exact) mass is 250 g/mol. The molecular weight excluding hydrogens is 228 g/mol. The Kier molecular flexibility index (Phi) is 5.32. The molecule has 1 rings (SSSR count). The predicted octanol–water partition coefficient (Wildman–Crippen LogP) is 3.20. The first-order chi connectivity index (χ1) is 8.41. The number of Topliss-reactive ketones (excluding diaryl/α,β-unsaturated/α-hetero) is 1. The van der Waals surface area contributed by atoms with Crippen LogP contribution in [0.1, 0.15) is 47.0 Å². The summed E-state index contributed by atoms with van der Waals surface area (Å²) in [5, 5.41) is 0. The number of carbonyl (C=O) groups is 2. The molecule has 1 aliphatic heterocycles. The molecule has 3 heteroatoms. The summed E-state index contributed by atoms with van der Waals surface area (Å²) in [5.41, 5.74) is 2.55. The maximum Gasteiger partial charge on any atom is 0.317 e. The summed E-state index contributed by atoms with van der Waals surface area (Å²) in [6.45, 7) is 7.81. The SMILES string of the molecule is CC(C)=CCCC(C)=CCC1OC(=O)C(C)C1=O. The number of hydrogen-bond acceptors (Lipinski definition) is 3. The summed E-state index contributed by atoms with van der Waals surface area (Å²) in [6, 6.07) is 0. The lowest BCUT2D eigenvalue weighted by Crippen LogP contribution is -2.17. The van der Waals surface area contributed by atoms with Gasteiger partial charge in [0.05, 0.1) is 0 Å². The van der Waals surface area contributed by atoms with Crippen LogP contribution in [0.15, 0.2) is 23.3 Å². The first kappa shape index (κ1) is 14.7. The Morgan fingerprint density at radius 2 is 1.89 bits per heavy atom. The van der Waals surface area contributed by atoms with Crippen LogP contribution in [0.3, 0.4) is 0 Å². The maximum atomic E-state index is 11.6. The molecule has 0 aromatic carbocycles. The van der Waals surface area contributed by atoms with Crippen molar-refractivity contribution in [2.45, 2.75) is 53.1 Å². The quantitative estimate of drug-likeness (QED) is 0.427. The van der Waals surface area contributed by atoms with Crippen LogP contribution in [0.5, 0.6) is 0 Å². The van der Waals surface area contributed by atoms with Gasteiger partial charge in [0.25, 0.3) is 0 Å². The summed E-state index contributed by atoms with van der Waals surface area (Å²) in [4.78, 5) is 22.9. The Balaban J connectivity index is 2.42. The van der Waals surface area contributed by atoms with Crippen LogP contribution >= 0.6 is 0 Å². The molecule has 0 aromatic heterocycles. The number of allylic oxidation sites excluding steroid dienone is 3. The van der Waals surface area contributed by atoms with Gasteiger partial charge in [0, 0.05) is 6.42 Å². The molecule has 0 bridgehead atoms. The average molecular weight is 250 g/mol. The molecule has 1 heterocycles. The van der Waals surface area contributed by atoms with E-state index in [4.69, 9.17) is 4.74 Å². The molecule has 0 saturated carbocycles. The fraction of sp³-hybridized carbons (Fsp3) is 0.600. The Labute approximate surface area is 109 Å². The van der Waals surface area contributed by atoms with Crippen molar-refractivity contribution in [3.05, 3.63) is 23.3 Å². The van der Waals surface area contributed by atoms with E-state index in [-0.39, 0.29) is 11.8 Å². The maximum absolute atomic E-state index is 11.6. The molecule has 1 fully saturated rings. The van der Waals surface area contributed by atoms with Crippen LogP contribution in [0.4, 0.5) is 0 Å². The number of carbonyl (C=O) groups excluding carboxylic acids is 2. The van der Waals surface area contributed by atoms with Gasteiger partial charge in [-0.25, -0.2) is 0 Å². The summed E-state index contributed by atoms with van der Waals surface area (Å²) < 4.78 is 5.03. The van der Waals surface area contributed by atoms with Gasteiger partial charge in [0.1, 0.15) is 5.92 Å². The van der Waals surface area contributed by atoms with Crippen molar-refractivity contribution in [3.63, 3.8) is 0 Å². The molecule has 0 aliphatic carbocycles. The van der Waals surface area contributed by atoms with E-state index in [2.05, 4.69) is 19.9 Å². The van der Waals surface area contributed by atoms with Crippen molar-refractivity contribution >= 4 is 11.8 Å². The van der Waals surface area contributed by atoms with Crippen LogP contribution in [0.2, 0.25) is 0 Å². The number of ether oxygens (including phenoxy) is 1. The van der Waals surface area contributed by atoms with Gasteiger partial charge >= 0.3 is 5.97 Å². The molecule has 0 amide bonds. The number of hydrogen-bond donors (Lipinski definition) is 0. The van der Waals surface area contributed by atoms with E-state index in [1.54, 1.807) is 6.92 Å². The van der Waals surface area contributed by atoms with Crippen LogP contribution in [0, 0.1) is 5.92 Å².